The van der Waals surface area contributed by atoms with Crippen molar-refractivity contribution in [3.8, 4) is 0 Å². The van der Waals surface area contributed by atoms with Crippen LogP contribution in [0, 0.1) is 5.92 Å². The lowest BCUT2D eigenvalue weighted by molar-refractivity contribution is -0.150. The van der Waals surface area contributed by atoms with Crippen LogP contribution in [0.2, 0.25) is 0 Å². The van der Waals surface area contributed by atoms with E-state index in [1.54, 1.807) is 17.9 Å². The molecule has 6 nitrogen and oxygen atoms in total. The molecular formula is C14H21NO5. The molecule has 112 valence electrons. The zero-order valence-electron chi connectivity index (χ0n) is 12.0. The van der Waals surface area contributed by atoms with Crippen molar-refractivity contribution in [2.75, 3.05) is 20.8 Å². The molecule has 0 aliphatic carbocycles. The molecule has 2 unspecified atom stereocenters. The summed E-state index contributed by atoms with van der Waals surface area (Å²) < 4.78 is 9.25. The second-order valence-electron chi connectivity index (χ2n) is 4.40. The lowest BCUT2D eigenvalue weighted by Crippen LogP contribution is -2.30. The first-order valence-electron chi connectivity index (χ1n) is 5.93. The summed E-state index contributed by atoms with van der Waals surface area (Å²) in [4.78, 5) is 23.3. The molecule has 0 aromatic carbocycles. The fourth-order valence-electron chi connectivity index (χ4n) is 1.04. The number of carbonyl (C=O) groups excluding carboxylic acids is 2. The first-order valence-corrected chi connectivity index (χ1v) is 5.93. The summed E-state index contributed by atoms with van der Waals surface area (Å²) in [6.07, 6.45) is 3.00. The molecule has 0 spiro atoms. The van der Waals surface area contributed by atoms with Gasteiger partial charge in [-0.05, 0) is 27.1 Å². The van der Waals surface area contributed by atoms with Gasteiger partial charge in [0.25, 0.3) is 6.29 Å². The van der Waals surface area contributed by atoms with E-state index in [4.69, 9.17) is 9.84 Å². The topological polar surface area (TPSA) is 76.1 Å². The molecule has 1 aliphatic rings. The molecule has 0 amide bonds. The second-order valence-corrected chi connectivity index (χ2v) is 4.40. The molecular weight excluding hydrogens is 262 g/mol. The minimum absolute atomic E-state index is 0.311. The highest BCUT2D eigenvalue weighted by atomic mass is 16.6. The molecule has 0 radical (unpaired) electrons. The van der Waals surface area contributed by atoms with Gasteiger partial charge in [-0.1, -0.05) is 12.7 Å². The van der Waals surface area contributed by atoms with E-state index in [9.17, 15) is 9.59 Å². The van der Waals surface area contributed by atoms with E-state index in [0.717, 1.165) is 0 Å². The van der Waals surface area contributed by atoms with Crippen LogP contribution in [-0.2, 0) is 19.1 Å². The van der Waals surface area contributed by atoms with Crippen molar-refractivity contribution in [3.63, 3.8) is 0 Å². The molecule has 0 aromatic heterocycles. The second kappa shape index (κ2) is 9.06. The SMILES string of the molecule is C=C(C)C(=O)OCN(C)C.C=CC1C=COC(O)C1=O. The van der Waals surface area contributed by atoms with Crippen LogP contribution in [0.25, 0.3) is 0 Å². The van der Waals surface area contributed by atoms with Crippen molar-refractivity contribution >= 4 is 11.8 Å². The first-order chi connectivity index (χ1) is 9.29. The van der Waals surface area contributed by atoms with Crippen LogP contribution in [0.4, 0.5) is 0 Å². The first kappa shape index (κ1) is 18.1. The zero-order chi connectivity index (χ0) is 15.7. The molecule has 6 heteroatoms. The van der Waals surface area contributed by atoms with Gasteiger partial charge in [-0.2, -0.15) is 0 Å². The summed E-state index contributed by atoms with van der Waals surface area (Å²) in [5.41, 5.74) is 0.432. The van der Waals surface area contributed by atoms with Gasteiger partial charge in [0.05, 0.1) is 12.2 Å². The Labute approximate surface area is 119 Å². The Kier molecular flexibility index (Phi) is 8.19. The lowest BCUT2D eigenvalue weighted by atomic mass is 10.0. The van der Waals surface area contributed by atoms with Gasteiger partial charge in [0.1, 0.15) is 6.73 Å². The monoisotopic (exact) mass is 283 g/mol. The van der Waals surface area contributed by atoms with Gasteiger partial charge in [0.2, 0.25) is 5.78 Å². The Morgan fingerprint density at radius 1 is 1.60 bits per heavy atom. The maximum Gasteiger partial charge on any atom is 0.334 e. The van der Waals surface area contributed by atoms with Crippen molar-refractivity contribution in [1.29, 1.82) is 0 Å². The highest BCUT2D eigenvalue weighted by molar-refractivity contribution is 5.87. The van der Waals surface area contributed by atoms with Gasteiger partial charge in [-0.3, -0.25) is 9.69 Å². The standard InChI is InChI=1S/C7H13NO2.C7H8O3/c1-6(2)7(9)10-5-8(3)4;1-2-5-3-4-10-7(9)6(5)8/h1,5H2,2-4H3;2-5,7,9H,1H2. The number of allylic oxidation sites excluding steroid dienone is 2. The third-order valence-corrected chi connectivity index (χ3v) is 2.12. The Morgan fingerprint density at radius 3 is 2.60 bits per heavy atom. The minimum Gasteiger partial charge on any atom is -0.465 e. The highest BCUT2D eigenvalue weighted by Gasteiger charge is 2.24. The van der Waals surface area contributed by atoms with Crippen LogP contribution in [0.3, 0.4) is 0 Å². The quantitative estimate of drug-likeness (QED) is 0.357. The third kappa shape index (κ3) is 6.86. The van der Waals surface area contributed by atoms with E-state index < -0.39 is 12.2 Å². The fraction of sp³-hybridized carbons (Fsp3) is 0.429. The summed E-state index contributed by atoms with van der Waals surface area (Å²) >= 11 is 0. The number of esters is 1. The summed E-state index contributed by atoms with van der Waals surface area (Å²) in [7, 11) is 3.65. The number of Topliss-reactive ketones (excluding diaryl/α,β-unsaturated/α-hetero) is 1. The van der Waals surface area contributed by atoms with Gasteiger partial charge < -0.3 is 14.6 Å². The molecule has 1 aliphatic heterocycles. The van der Waals surface area contributed by atoms with Crippen LogP contribution in [0.15, 0.2) is 37.1 Å². The number of ketones is 1. The summed E-state index contributed by atoms with van der Waals surface area (Å²) in [5, 5.41) is 8.81. The third-order valence-electron chi connectivity index (χ3n) is 2.12. The molecule has 0 aromatic rings. The average Bonchev–Trinajstić information content (AvgIpc) is 2.39. The molecule has 0 saturated carbocycles. The van der Waals surface area contributed by atoms with E-state index >= 15 is 0 Å². The predicted octanol–water partition coefficient (Wildman–Crippen LogP) is 0.845. The summed E-state index contributed by atoms with van der Waals surface area (Å²) in [6, 6.07) is 0. The molecule has 0 bridgehead atoms. The van der Waals surface area contributed by atoms with Crippen molar-refractivity contribution < 1.29 is 24.2 Å². The minimum atomic E-state index is -1.31. The number of hydrogen-bond acceptors (Lipinski definition) is 6. The van der Waals surface area contributed by atoms with E-state index in [0.29, 0.717) is 12.3 Å². The maximum absolute atomic E-state index is 10.9. The van der Waals surface area contributed by atoms with E-state index in [1.165, 1.54) is 12.3 Å². The molecule has 2 atom stereocenters. The molecule has 0 fully saturated rings. The van der Waals surface area contributed by atoms with Gasteiger partial charge >= 0.3 is 5.97 Å². The van der Waals surface area contributed by atoms with Gasteiger partial charge in [0.15, 0.2) is 0 Å². The number of ether oxygens (including phenoxy) is 2. The molecule has 1 rings (SSSR count). The number of aliphatic hydroxyl groups excluding tert-OH is 1. The van der Waals surface area contributed by atoms with Gasteiger partial charge in [-0.15, -0.1) is 6.58 Å². The maximum atomic E-state index is 10.9. The van der Waals surface area contributed by atoms with Crippen LogP contribution in [0.5, 0.6) is 0 Å². The van der Waals surface area contributed by atoms with Crippen molar-refractivity contribution in [1.82, 2.24) is 4.90 Å². The van der Waals surface area contributed by atoms with E-state index in [1.807, 2.05) is 14.1 Å². The average molecular weight is 283 g/mol. The molecule has 0 saturated heterocycles. The Morgan fingerprint density at radius 2 is 2.20 bits per heavy atom. The molecule has 1 heterocycles. The van der Waals surface area contributed by atoms with Crippen LogP contribution >= 0.6 is 0 Å². The van der Waals surface area contributed by atoms with Gasteiger partial charge in [-0.25, -0.2) is 4.79 Å². The van der Waals surface area contributed by atoms with E-state index in [-0.39, 0.29) is 11.8 Å². The largest absolute Gasteiger partial charge is 0.465 e. The number of carbonyl (C=O) groups is 2. The normalized spacial score (nSPS) is 20.6. The van der Waals surface area contributed by atoms with Gasteiger partial charge in [0, 0.05) is 5.57 Å². The van der Waals surface area contributed by atoms with Crippen LogP contribution in [0.1, 0.15) is 6.92 Å². The number of rotatable bonds is 4. The molecule has 20 heavy (non-hydrogen) atoms. The molecule has 1 N–H and O–H groups in total. The predicted molar refractivity (Wildman–Crippen MR) is 74.4 cm³/mol. The van der Waals surface area contributed by atoms with Crippen molar-refractivity contribution in [3.05, 3.63) is 37.1 Å². The summed E-state index contributed by atoms with van der Waals surface area (Å²) in [6.45, 7) is 8.80. The van der Waals surface area contributed by atoms with E-state index in [2.05, 4.69) is 17.9 Å². The highest BCUT2D eigenvalue weighted by Crippen LogP contribution is 2.11. The number of hydrogen-bond donors (Lipinski definition) is 1. The number of nitrogens with zero attached hydrogens (tertiary/aromatic N) is 1. The number of aliphatic hydroxyl groups is 1. The van der Waals surface area contributed by atoms with Crippen molar-refractivity contribution in [2.24, 2.45) is 5.92 Å². The Balaban J connectivity index is 0.000000361. The van der Waals surface area contributed by atoms with Crippen molar-refractivity contribution in [2.45, 2.75) is 13.2 Å². The van der Waals surface area contributed by atoms with Crippen LogP contribution < -0.4 is 0 Å². The zero-order valence-corrected chi connectivity index (χ0v) is 12.0. The Bertz CT molecular complexity index is 400. The van der Waals surface area contributed by atoms with Crippen LogP contribution in [-0.4, -0.2) is 48.9 Å². The Hall–Kier alpha value is -1.92. The lowest BCUT2D eigenvalue weighted by Gasteiger charge is -2.16. The summed E-state index contributed by atoms with van der Waals surface area (Å²) in [5.74, 6) is -1.10. The smallest absolute Gasteiger partial charge is 0.334 e. The fourth-order valence-corrected chi connectivity index (χ4v) is 1.04.